The number of methoxy groups -OCH3 is 1. The minimum absolute atomic E-state index is 0.269. The summed E-state index contributed by atoms with van der Waals surface area (Å²) in [5.74, 6) is 2.20. The molecule has 4 heteroatoms. The normalized spacial score (nSPS) is 36.0. The topological polar surface area (TPSA) is 52.9 Å². The minimum atomic E-state index is -0.931. The lowest BCUT2D eigenvalue weighted by Crippen LogP contribution is -2.65. The molecule has 3 aliphatic rings. The fraction of sp³-hybridized carbons (Fsp3) is 0.714. The van der Waals surface area contributed by atoms with E-state index in [2.05, 4.69) is 0 Å². The van der Waals surface area contributed by atoms with Crippen molar-refractivity contribution in [3.05, 3.63) is 29.8 Å². The lowest BCUT2D eigenvalue weighted by Gasteiger charge is -2.56. The van der Waals surface area contributed by atoms with E-state index >= 15 is 0 Å². The summed E-state index contributed by atoms with van der Waals surface area (Å²) in [7, 11) is 1.67. The minimum Gasteiger partial charge on any atom is -0.497 e. The molecule has 1 aromatic rings. The standard InChI is InChI=1S/C21H31NO3/c1-25-18-10-8-15(9-11-18)13-21(24)19-5-3-2-4-17(19)12-20(23)22(21)14-16-6-7-16/h8-11,16-17,19-20,23-24H,2-7,12-14H2,1H3/t17?,19?,20?,21-/m0/s1. The molecule has 1 aliphatic heterocycles. The smallest absolute Gasteiger partial charge is 0.127 e. The first-order valence-corrected chi connectivity index (χ1v) is 9.90. The van der Waals surface area contributed by atoms with Gasteiger partial charge in [0.25, 0.3) is 0 Å². The van der Waals surface area contributed by atoms with Gasteiger partial charge in [0.05, 0.1) is 7.11 Å². The lowest BCUT2D eigenvalue weighted by molar-refractivity contribution is -0.256. The number of fused-ring (bicyclic) bond motifs is 1. The highest BCUT2D eigenvalue weighted by atomic mass is 16.5. The molecule has 2 aliphatic carbocycles. The fourth-order valence-electron chi connectivity index (χ4n) is 5.10. The summed E-state index contributed by atoms with van der Waals surface area (Å²) in [6.45, 7) is 0.830. The van der Waals surface area contributed by atoms with E-state index in [4.69, 9.17) is 4.74 Å². The highest BCUT2D eigenvalue weighted by Crippen LogP contribution is 2.48. The fourth-order valence-corrected chi connectivity index (χ4v) is 5.10. The predicted molar refractivity (Wildman–Crippen MR) is 97.1 cm³/mol. The van der Waals surface area contributed by atoms with Crippen LogP contribution < -0.4 is 4.74 Å². The quantitative estimate of drug-likeness (QED) is 0.861. The van der Waals surface area contributed by atoms with Gasteiger partial charge < -0.3 is 14.9 Å². The Morgan fingerprint density at radius 3 is 2.52 bits per heavy atom. The van der Waals surface area contributed by atoms with Crippen molar-refractivity contribution in [2.24, 2.45) is 17.8 Å². The first kappa shape index (κ1) is 17.3. The van der Waals surface area contributed by atoms with Crippen molar-refractivity contribution in [1.29, 1.82) is 0 Å². The summed E-state index contributed by atoms with van der Waals surface area (Å²) in [6, 6.07) is 8.01. The molecule has 138 valence electrons. The number of piperidine rings is 1. The average Bonchev–Trinajstić information content (AvgIpc) is 3.44. The summed E-state index contributed by atoms with van der Waals surface area (Å²) in [6.07, 6.45) is 8.00. The Balaban J connectivity index is 1.62. The number of benzene rings is 1. The molecule has 3 fully saturated rings. The van der Waals surface area contributed by atoms with Gasteiger partial charge in [0, 0.05) is 18.9 Å². The summed E-state index contributed by atoms with van der Waals surface area (Å²) < 4.78 is 5.26. The van der Waals surface area contributed by atoms with Crippen LogP contribution in [0.4, 0.5) is 0 Å². The van der Waals surface area contributed by atoms with E-state index in [1.54, 1.807) is 7.11 Å². The van der Waals surface area contributed by atoms with E-state index in [-0.39, 0.29) is 5.92 Å². The third-order valence-corrected chi connectivity index (χ3v) is 6.65. The summed E-state index contributed by atoms with van der Waals surface area (Å²) in [4.78, 5) is 2.04. The molecule has 0 aromatic heterocycles. The van der Waals surface area contributed by atoms with Crippen LogP contribution in [-0.4, -0.2) is 40.7 Å². The van der Waals surface area contributed by atoms with E-state index in [0.29, 0.717) is 18.3 Å². The molecule has 0 spiro atoms. The number of aliphatic hydroxyl groups excluding tert-OH is 1. The van der Waals surface area contributed by atoms with Crippen molar-refractivity contribution in [1.82, 2.24) is 4.90 Å². The zero-order chi connectivity index (χ0) is 17.4. The molecule has 4 atom stereocenters. The molecular weight excluding hydrogens is 314 g/mol. The Morgan fingerprint density at radius 2 is 1.84 bits per heavy atom. The molecular formula is C21H31NO3. The molecule has 0 radical (unpaired) electrons. The number of nitrogens with zero attached hydrogens (tertiary/aromatic N) is 1. The molecule has 2 N–H and O–H groups in total. The van der Waals surface area contributed by atoms with Gasteiger partial charge in [0.1, 0.15) is 17.7 Å². The van der Waals surface area contributed by atoms with Gasteiger partial charge >= 0.3 is 0 Å². The van der Waals surface area contributed by atoms with Gasteiger partial charge in [-0.05, 0) is 61.6 Å². The average molecular weight is 345 g/mol. The van der Waals surface area contributed by atoms with Gasteiger partial charge in [0.2, 0.25) is 0 Å². The van der Waals surface area contributed by atoms with Gasteiger partial charge in [-0.3, -0.25) is 0 Å². The third-order valence-electron chi connectivity index (χ3n) is 6.65. The van der Waals surface area contributed by atoms with Crippen LogP contribution in [0.25, 0.3) is 0 Å². The molecule has 0 amide bonds. The molecule has 0 bridgehead atoms. The van der Waals surface area contributed by atoms with Gasteiger partial charge in [0.15, 0.2) is 0 Å². The van der Waals surface area contributed by atoms with Crippen LogP contribution in [0, 0.1) is 17.8 Å². The zero-order valence-electron chi connectivity index (χ0n) is 15.2. The van der Waals surface area contributed by atoms with Crippen molar-refractivity contribution in [2.45, 2.75) is 63.3 Å². The molecule has 4 nitrogen and oxygen atoms in total. The van der Waals surface area contributed by atoms with Crippen LogP contribution in [0.1, 0.15) is 50.5 Å². The van der Waals surface area contributed by atoms with Crippen molar-refractivity contribution >= 4 is 0 Å². The van der Waals surface area contributed by atoms with Crippen molar-refractivity contribution in [3.63, 3.8) is 0 Å². The van der Waals surface area contributed by atoms with E-state index in [9.17, 15) is 10.2 Å². The second-order valence-corrected chi connectivity index (χ2v) is 8.37. The number of hydrogen-bond acceptors (Lipinski definition) is 4. The lowest BCUT2D eigenvalue weighted by atomic mass is 9.67. The Hall–Kier alpha value is -1.10. The molecule has 25 heavy (non-hydrogen) atoms. The Morgan fingerprint density at radius 1 is 1.12 bits per heavy atom. The predicted octanol–water partition coefficient (Wildman–Crippen LogP) is 3.17. The largest absolute Gasteiger partial charge is 0.497 e. The van der Waals surface area contributed by atoms with Crippen LogP contribution in [-0.2, 0) is 6.42 Å². The van der Waals surface area contributed by atoms with Crippen molar-refractivity contribution in [3.8, 4) is 5.75 Å². The zero-order valence-corrected chi connectivity index (χ0v) is 15.2. The van der Waals surface area contributed by atoms with E-state index in [1.807, 2.05) is 29.2 Å². The van der Waals surface area contributed by atoms with Gasteiger partial charge in [-0.2, -0.15) is 0 Å². The highest BCUT2D eigenvalue weighted by molar-refractivity contribution is 5.28. The number of ether oxygens (including phenoxy) is 1. The Bertz CT molecular complexity index is 585. The van der Waals surface area contributed by atoms with E-state index in [0.717, 1.165) is 37.1 Å². The van der Waals surface area contributed by atoms with Crippen LogP contribution in [0.15, 0.2) is 24.3 Å². The Kier molecular flexibility index (Phi) is 4.78. The number of hydrogen-bond donors (Lipinski definition) is 2. The van der Waals surface area contributed by atoms with E-state index in [1.165, 1.54) is 25.7 Å². The van der Waals surface area contributed by atoms with Crippen molar-refractivity contribution < 1.29 is 14.9 Å². The maximum atomic E-state index is 11.9. The SMILES string of the molecule is COc1ccc(C[C@]2(O)C3CCCCC3CC(O)N2CC2CC2)cc1. The first-order valence-electron chi connectivity index (χ1n) is 9.90. The Labute approximate surface area is 150 Å². The first-order chi connectivity index (χ1) is 12.1. The van der Waals surface area contributed by atoms with Crippen molar-refractivity contribution in [2.75, 3.05) is 13.7 Å². The van der Waals surface area contributed by atoms with Crippen LogP contribution in [0.2, 0.25) is 0 Å². The maximum absolute atomic E-state index is 11.9. The monoisotopic (exact) mass is 345 g/mol. The molecule has 4 rings (SSSR count). The summed E-state index contributed by atoms with van der Waals surface area (Å²) in [5.41, 5.74) is 0.183. The van der Waals surface area contributed by atoms with Crippen LogP contribution in [0.5, 0.6) is 5.75 Å². The van der Waals surface area contributed by atoms with Crippen LogP contribution >= 0.6 is 0 Å². The highest BCUT2D eigenvalue weighted by Gasteiger charge is 2.53. The summed E-state index contributed by atoms with van der Waals surface area (Å²) >= 11 is 0. The van der Waals surface area contributed by atoms with Gasteiger partial charge in [-0.1, -0.05) is 25.0 Å². The second-order valence-electron chi connectivity index (χ2n) is 8.37. The van der Waals surface area contributed by atoms with Gasteiger partial charge in [-0.25, -0.2) is 4.90 Å². The maximum Gasteiger partial charge on any atom is 0.127 e. The molecule has 3 unspecified atom stereocenters. The molecule has 1 heterocycles. The molecule has 1 saturated heterocycles. The number of aliphatic hydroxyl groups is 2. The van der Waals surface area contributed by atoms with Crippen LogP contribution in [0.3, 0.4) is 0 Å². The molecule has 1 aromatic carbocycles. The third kappa shape index (κ3) is 3.44. The second kappa shape index (κ2) is 6.90. The molecule has 2 saturated carbocycles. The van der Waals surface area contributed by atoms with Gasteiger partial charge in [-0.15, -0.1) is 0 Å². The summed E-state index contributed by atoms with van der Waals surface area (Å²) in [5, 5.41) is 22.7. The van der Waals surface area contributed by atoms with E-state index < -0.39 is 12.0 Å². The number of likely N-dealkylation sites (tertiary alicyclic amines) is 1. The number of rotatable bonds is 5.